The fourth-order valence-electron chi connectivity index (χ4n) is 1.91. The van der Waals surface area contributed by atoms with Crippen molar-refractivity contribution in [3.05, 3.63) is 0 Å². The number of carboxylic acids is 1. The first-order valence-electron chi connectivity index (χ1n) is 5.19. The Morgan fingerprint density at radius 3 is 2.39 bits per heavy atom. The van der Waals surface area contributed by atoms with Crippen molar-refractivity contribution >= 4 is 24.0 Å². The Hall–Kier alpha value is -1.80. The molecule has 0 radical (unpaired) electrons. The first-order valence-corrected chi connectivity index (χ1v) is 5.19. The molecule has 0 aromatic heterocycles. The summed E-state index contributed by atoms with van der Waals surface area (Å²) in [5, 5.41) is 27.5. The number of aliphatic carboxylic acids is 1. The summed E-state index contributed by atoms with van der Waals surface area (Å²) < 4.78 is 0. The minimum Gasteiger partial charge on any atom is -0.479 e. The minimum absolute atomic E-state index is 0.196. The van der Waals surface area contributed by atoms with Crippen molar-refractivity contribution in [2.45, 2.75) is 38.1 Å². The maximum Gasteiger partial charge on any atom is 0.335 e. The molecule has 4 atom stereocenters. The van der Waals surface area contributed by atoms with Crippen molar-refractivity contribution in [3.8, 4) is 0 Å². The number of aliphatic imine (C=N–C) groups is 1. The van der Waals surface area contributed by atoms with E-state index in [1.165, 1.54) is 13.8 Å². The molecule has 1 heterocycles. The van der Waals surface area contributed by atoms with Gasteiger partial charge >= 0.3 is 5.97 Å². The lowest BCUT2D eigenvalue weighted by Gasteiger charge is -2.25. The number of carboxylic acid groups (broad SMARTS) is 1. The van der Waals surface area contributed by atoms with Gasteiger partial charge in [0.1, 0.15) is 30.3 Å². The van der Waals surface area contributed by atoms with Crippen LogP contribution in [0.2, 0.25) is 0 Å². The lowest BCUT2D eigenvalue weighted by atomic mass is 9.99. The Labute approximate surface area is 103 Å². The lowest BCUT2D eigenvalue weighted by Crippen LogP contribution is -2.51. The summed E-state index contributed by atoms with van der Waals surface area (Å²) in [4.78, 5) is 37.8. The smallest absolute Gasteiger partial charge is 0.335 e. The topological polar surface area (TPSA) is 128 Å². The van der Waals surface area contributed by atoms with E-state index in [0.717, 1.165) is 4.90 Å². The Morgan fingerprint density at radius 1 is 1.44 bits per heavy atom. The highest BCUT2D eigenvalue weighted by Gasteiger charge is 2.44. The Bertz CT molecular complexity index is 407. The fraction of sp³-hybridized carbons (Fsp3) is 0.600. The van der Waals surface area contributed by atoms with E-state index >= 15 is 0 Å². The number of amides is 1. The number of carbonyl (C=O) groups excluding carboxylic acids is 2. The van der Waals surface area contributed by atoms with Crippen molar-refractivity contribution < 1.29 is 29.7 Å². The second-order valence-electron chi connectivity index (χ2n) is 3.96. The van der Waals surface area contributed by atoms with Gasteiger partial charge < -0.3 is 20.1 Å². The van der Waals surface area contributed by atoms with Gasteiger partial charge in [-0.1, -0.05) is 0 Å². The van der Waals surface area contributed by atoms with Gasteiger partial charge in [-0.3, -0.25) is 14.7 Å². The first kappa shape index (κ1) is 14.3. The zero-order valence-corrected chi connectivity index (χ0v) is 9.85. The quantitative estimate of drug-likeness (QED) is 0.501. The van der Waals surface area contributed by atoms with Crippen molar-refractivity contribution in [1.29, 1.82) is 0 Å². The first-order chi connectivity index (χ1) is 8.31. The molecule has 0 bridgehead atoms. The number of rotatable bonds is 4. The average molecular weight is 258 g/mol. The number of aliphatic hydroxyl groups excluding tert-OH is 2. The molecule has 1 aliphatic rings. The summed E-state index contributed by atoms with van der Waals surface area (Å²) in [5.41, 5.74) is 0. The van der Waals surface area contributed by atoms with Crippen LogP contribution in [0.5, 0.6) is 0 Å². The molecular formula is C10H14N2O6. The van der Waals surface area contributed by atoms with E-state index in [0.29, 0.717) is 6.29 Å². The molecule has 0 aromatic rings. The van der Waals surface area contributed by atoms with Gasteiger partial charge in [0, 0.05) is 6.92 Å². The van der Waals surface area contributed by atoms with Gasteiger partial charge in [0.25, 0.3) is 0 Å². The molecule has 8 heteroatoms. The van der Waals surface area contributed by atoms with E-state index in [2.05, 4.69) is 4.99 Å². The van der Waals surface area contributed by atoms with E-state index in [1.807, 2.05) is 0 Å². The molecule has 18 heavy (non-hydrogen) atoms. The third-order valence-electron chi connectivity index (χ3n) is 2.74. The van der Waals surface area contributed by atoms with Crippen LogP contribution in [-0.4, -0.2) is 68.5 Å². The van der Waals surface area contributed by atoms with Crippen LogP contribution in [0.1, 0.15) is 13.8 Å². The molecule has 0 aliphatic carbocycles. The van der Waals surface area contributed by atoms with Crippen LogP contribution in [0.15, 0.2) is 4.99 Å². The van der Waals surface area contributed by atoms with E-state index < -0.39 is 36.2 Å². The summed E-state index contributed by atoms with van der Waals surface area (Å²) in [7, 11) is 0. The maximum absolute atomic E-state index is 11.3. The lowest BCUT2D eigenvalue weighted by molar-refractivity contribution is -0.154. The van der Waals surface area contributed by atoms with Gasteiger partial charge in [0.15, 0.2) is 6.10 Å². The Kier molecular flexibility index (Phi) is 4.15. The molecule has 0 saturated heterocycles. The monoisotopic (exact) mass is 258 g/mol. The Balaban J connectivity index is 3.00. The van der Waals surface area contributed by atoms with Crippen LogP contribution in [0, 0.1) is 0 Å². The molecule has 1 unspecified atom stereocenters. The van der Waals surface area contributed by atoms with Crippen molar-refractivity contribution in [1.82, 2.24) is 4.90 Å². The van der Waals surface area contributed by atoms with Gasteiger partial charge in [-0.15, -0.1) is 0 Å². The predicted molar refractivity (Wildman–Crippen MR) is 58.9 cm³/mol. The van der Waals surface area contributed by atoms with Crippen LogP contribution in [0.25, 0.3) is 0 Å². The highest BCUT2D eigenvalue weighted by atomic mass is 16.4. The van der Waals surface area contributed by atoms with Crippen LogP contribution in [0.3, 0.4) is 0 Å². The van der Waals surface area contributed by atoms with Gasteiger partial charge in [-0.05, 0) is 6.92 Å². The van der Waals surface area contributed by atoms with E-state index in [4.69, 9.17) is 5.11 Å². The second-order valence-corrected chi connectivity index (χ2v) is 3.96. The number of amidine groups is 1. The summed E-state index contributed by atoms with van der Waals surface area (Å²) in [6.45, 7) is 2.68. The molecule has 8 nitrogen and oxygen atoms in total. The largest absolute Gasteiger partial charge is 0.479 e. The zero-order chi connectivity index (χ0) is 14.0. The molecule has 1 amide bonds. The Morgan fingerprint density at radius 2 is 2.00 bits per heavy atom. The predicted octanol–water partition coefficient (Wildman–Crippen LogP) is -1.99. The molecule has 1 aliphatic heterocycles. The summed E-state index contributed by atoms with van der Waals surface area (Å²) >= 11 is 0. The normalized spacial score (nSPS) is 26.4. The summed E-state index contributed by atoms with van der Waals surface area (Å²) in [5.74, 6) is -1.88. The highest BCUT2D eigenvalue weighted by Crippen LogP contribution is 2.21. The molecule has 100 valence electrons. The number of aldehydes is 1. The minimum atomic E-state index is -2.07. The summed E-state index contributed by atoms with van der Waals surface area (Å²) in [6, 6.07) is -2.29. The molecule has 0 saturated carbocycles. The fourth-order valence-corrected chi connectivity index (χ4v) is 1.91. The summed E-state index contributed by atoms with van der Waals surface area (Å²) in [6.07, 6.45) is -3.44. The molecule has 3 N–H and O–H groups in total. The van der Waals surface area contributed by atoms with Crippen LogP contribution < -0.4 is 0 Å². The average Bonchev–Trinajstić information content (AvgIpc) is 2.63. The van der Waals surface area contributed by atoms with Crippen LogP contribution >= 0.6 is 0 Å². The number of hydrogen-bond donors (Lipinski definition) is 3. The van der Waals surface area contributed by atoms with Crippen LogP contribution in [-0.2, 0) is 14.4 Å². The van der Waals surface area contributed by atoms with Crippen molar-refractivity contribution in [2.75, 3.05) is 0 Å². The maximum atomic E-state index is 11.3. The van der Waals surface area contributed by atoms with E-state index in [-0.39, 0.29) is 5.84 Å². The number of carbonyl (C=O) groups is 3. The number of nitrogens with zero attached hydrogens (tertiary/aromatic N) is 2. The zero-order valence-electron chi connectivity index (χ0n) is 9.85. The standard InChI is InChI=1S/C10H14N2O6/c1-4-11-7(8(15)9(16)10(17)18)6(3-13)12(4)5(2)14/h3,6-9,15-16H,1-2H3,(H,17,18)/t6-,7?,8+,9+/m1/s1. The number of aliphatic hydroxyl groups is 2. The van der Waals surface area contributed by atoms with E-state index in [1.54, 1.807) is 0 Å². The van der Waals surface area contributed by atoms with Gasteiger partial charge in [0.05, 0.1) is 0 Å². The molecular weight excluding hydrogens is 244 g/mol. The van der Waals surface area contributed by atoms with Crippen LogP contribution in [0.4, 0.5) is 0 Å². The van der Waals surface area contributed by atoms with Gasteiger partial charge in [-0.25, -0.2) is 4.79 Å². The molecule has 0 spiro atoms. The molecule has 0 fully saturated rings. The van der Waals surface area contributed by atoms with Crippen molar-refractivity contribution in [2.24, 2.45) is 4.99 Å². The number of hydrogen-bond acceptors (Lipinski definition) is 6. The third-order valence-corrected chi connectivity index (χ3v) is 2.74. The SMILES string of the molecule is CC(=O)N1C(C)=NC([C@H](O)[C@H](O)C(=O)O)[C@H]1C=O. The van der Waals surface area contributed by atoms with Crippen molar-refractivity contribution in [3.63, 3.8) is 0 Å². The van der Waals surface area contributed by atoms with E-state index in [9.17, 15) is 24.6 Å². The van der Waals surface area contributed by atoms with Gasteiger partial charge in [0.2, 0.25) is 5.91 Å². The molecule has 0 aromatic carbocycles. The third kappa shape index (κ3) is 2.39. The second kappa shape index (κ2) is 5.23. The molecule has 1 rings (SSSR count). The highest BCUT2D eigenvalue weighted by molar-refractivity contribution is 6.00. The van der Waals surface area contributed by atoms with Gasteiger partial charge in [-0.2, -0.15) is 0 Å².